The molecular formula is C13H14N2O2. The second-order valence-corrected chi connectivity index (χ2v) is 4.21. The number of nitriles is 1. The van der Waals surface area contributed by atoms with E-state index < -0.39 is 12.0 Å². The van der Waals surface area contributed by atoms with Gasteiger partial charge >= 0.3 is 5.97 Å². The van der Waals surface area contributed by atoms with Gasteiger partial charge in [0.15, 0.2) is 0 Å². The lowest BCUT2D eigenvalue weighted by molar-refractivity contribution is -0.143. The van der Waals surface area contributed by atoms with Gasteiger partial charge in [0.2, 0.25) is 0 Å². The van der Waals surface area contributed by atoms with Crippen LogP contribution < -0.4 is 0 Å². The van der Waals surface area contributed by atoms with Gasteiger partial charge in [-0.05, 0) is 17.5 Å². The maximum atomic E-state index is 11.1. The molecule has 0 saturated carbocycles. The minimum absolute atomic E-state index is 0.0392. The van der Waals surface area contributed by atoms with Crippen LogP contribution in [0, 0.1) is 11.3 Å². The fourth-order valence-electron chi connectivity index (χ4n) is 2.24. The number of carbonyl (C=O) groups is 1. The van der Waals surface area contributed by atoms with Crippen LogP contribution in [0.25, 0.3) is 0 Å². The zero-order valence-electron chi connectivity index (χ0n) is 9.47. The topological polar surface area (TPSA) is 64.3 Å². The van der Waals surface area contributed by atoms with Crippen LogP contribution in [0.1, 0.15) is 17.5 Å². The van der Waals surface area contributed by atoms with Gasteiger partial charge in [-0.25, -0.2) is 0 Å². The average molecular weight is 230 g/mol. The SMILES string of the molecule is N#CCC(C(=O)O)N1CCc2ccccc2C1. The summed E-state index contributed by atoms with van der Waals surface area (Å²) in [5.41, 5.74) is 2.45. The summed E-state index contributed by atoms with van der Waals surface area (Å²) in [6, 6.07) is 9.32. The number of carboxylic acid groups (broad SMARTS) is 1. The number of benzene rings is 1. The lowest BCUT2D eigenvalue weighted by Gasteiger charge is -2.32. The molecule has 1 aromatic rings. The summed E-state index contributed by atoms with van der Waals surface area (Å²) in [5.74, 6) is -0.911. The van der Waals surface area contributed by atoms with Gasteiger partial charge in [0.1, 0.15) is 6.04 Å². The van der Waals surface area contributed by atoms with Gasteiger partial charge < -0.3 is 5.11 Å². The molecule has 0 radical (unpaired) electrons. The number of rotatable bonds is 3. The van der Waals surface area contributed by atoms with Crippen molar-refractivity contribution in [3.63, 3.8) is 0 Å². The molecule has 1 aliphatic heterocycles. The van der Waals surface area contributed by atoms with Crippen LogP contribution in [-0.4, -0.2) is 28.6 Å². The Labute approximate surface area is 100 Å². The number of hydrogen-bond donors (Lipinski definition) is 1. The minimum atomic E-state index is -0.911. The lowest BCUT2D eigenvalue weighted by atomic mass is 9.98. The van der Waals surface area contributed by atoms with E-state index in [1.165, 1.54) is 11.1 Å². The van der Waals surface area contributed by atoms with Crippen molar-refractivity contribution in [2.75, 3.05) is 6.54 Å². The molecule has 0 amide bonds. The predicted octanol–water partition coefficient (Wildman–Crippen LogP) is 1.41. The first-order valence-corrected chi connectivity index (χ1v) is 5.63. The molecule has 1 atom stereocenters. The van der Waals surface area contributed by atoms with Crippen LogP contribution in [0.2, 0.25) is 0 Å². The summed E-state index contributed by atoms with van der Waals surface area (Å²) < 4.78 is 0. The highest BCUT2D eigenvalue weighted by Gasteiger charge is 2.28. The lowest BCUT2D eigenvalue weighted by Crippen LogP contribution is -2.43. The zero-order valence-corrected chi connectivity index (χ0v) is 9.47. The highest BCUT2D eigenvalue weighted by molar-refractivity contribution is 5.73. The Balaban J connectivity index is 2.16. The molecule has 1 N–H and O–H groups in total. The van der Waals surface area contributed by atoms with Crippen molar-refractivity contribution in [2.24, 2.45) is 0 Å². The first kappa shape index (κ1) is 11.6. The molecule has 88 valence electrons. The van der Waals surface area contributed by atoms with Crippen molar-refractivity contribution in [3.8, 4) is 6.07 Å². The van der Waals surface area contributed by atoms with Gasteiger partial charge in [-0.2, -0.15) is 5.26 Å². The van der Waals surface area contributed by atoms with E-state index in [1.807, 2.05) is 29.2 Å². The summed E-state index contributed by atoms with van der Waals surface area (Å²) >= 11 is 0. The quantitative estimate of drug-likeness (QED) is 0.852. The van der Waals surface area contributed by atoms with Crippen LogP contribution in [0.5, 0.6) is 0 Å². The van der Waals surface area contributed by atoms with Crippen molar-refractivity contribution in [1.82, 2.24) is 4.90 Å². The molecule has 0 aromatic heterocycles. The highest BCUT2D eigenvalue weighted by atomic mass is 16.4. The molecule has 4 heteroatoms. The second kappa shape index (κ2) is 4.98. The molecule has 0 aliphatic carbocycles. The number of fused-ring (bicyclic) bond motifs is 1. The van der Waals surface area contributed by atoms with Crippen LogP contribution in [0.4, 0.5) is 0 Å². The smallest absolute Gasteiger partial charge is 0.322 e. The zero-order chi connectivity index (χ0) is 12.3. The van der Waals surface area contributed by atoms with E-state index in [9.17, 15) is 4.79 Å². The second-order valence-electron chi connectivity index (χ2n) is 4.21. The van der Waals surface area contributed by atoms with Crippen LogP contribution in [0.15, 0.2) is 24.3 Å². The van der Waals surface area contributed by atoms with E-state index in [-0.39, 0.29) is 6.42 Å². The van der Waals surface area contributed by atoms with Crippen molar-refractivity contribution in [2.45, 2.75) is 25.4 Å². The minimum Gasteiger partial charge on any atom is -0.480 e. The summed E-state index contributed by atoms with van der Waals surface area (Å²) in [6.45, 7) is 1.32. The Bertz CT molecular complexity index is 465. The molecule has 1 unspecified atom stereocenters. The van der Waals surface area contributed by atoms with Gasteiger partial charge in [-0.3, -0.25) is 9.69 Å². The third kappa shape index (κ3) is 2.45. The van der Waals surface area contributed by atoms with E-state index in [0.29, 0.717) is 13.1 Å². The predicted molar refractivity (Wildman–Crippen MR) is 62.2 cm³/mol. The van der Waals surface area contributed by atoms with E-state index in [2.05, 4.69) is 6.07 Å². The third-order valence-corrected chi connectivity index (χ3v) is 3.17. The summed E-state index contributed by atoms with van der Waals surface area (Å²) in [4.78, 5) is 13.0. The van der Waals surface area contributed by atoms with Gasteiger partial charge in [-0.15, -0.1) is 0 Å². The van der Waals surface area contributed by atoms with Crippen LogP contribution in [0.3, 0.4) is 0 Å². The fourth-order valence-corrected chi connectivity index (χ4v) is 2.24. The molecule has 4 nitrogen and oxygen atoms in total. The summed E-state index contributed by atoms with van der Waals surface area (Å²) in [7, 11) is 0. The molecule has 0 saturated heterocycles. The van der Waals surface area contributed by atoms with Gasteiger partial charge in [-0.1, -0.05) is 24.3 Å². The molecule has 0 spiro atoms. The van der Waals surface area contributed by atoms with E-state index in [0.717, 1.165) is 6.42 Å². The Hall–Kier alpha value is -1.86. The van der Waals surface area contributed by atoms with Crippen LogP contribution >= 0.6 is 0 Å². The molecular weight excluding hydrogens is 216 g/mol. The largest absolute Gasteiger partial charge is 0.480 e. The maximum absolute atomic E-state index is 11.1. The van der Waals surface area contributed by atoms with Crippen LogP contribution in [-0.2, 0) is 17.8 Å². The number of aliphatic carboxylic acids is 1. The Morgan fingerprint density at radius 2 is 2.18 bits per heavy atom. The standard InChI is InChI=1S/C13H14N2O2/c14-7-5-12(13(16)17)15-8-6-10-3-1-2-4-11(10)9-15/h1-4,12H,5-6,8-9H2,(H,16,17). The molecule has 1 aromatic carbocycles. The molecule has 17 heavy (non-hydrogen) atoms. The Morgan fingerprint density at radius 1 is 1.47 bits per heavy atom. The van der Waals surface area contributed by atoms with Crippen molar-refractivity contribution in [3.05, 3.63) is 35.4 Å². The van der Waals surface area contributed by atoms with Gasteiger partial charge in [0.25, 0.3) is 0 Å². The molecule has 2 rings (SSSR count). The summed E-state index contributed by atoms with van der Waals surface area (Å²) in [5, 5.41) is 17.8. The molecule has 1 aliphatic rings. The van der Waals surface area contributed by atoms with Gasteiger partial charge in [0, 0.05) is 13.1 Å². The third-order valence-electron chi connectivity index (χ3n) is 3.17. The Kier molecular flexibility index (Phi) is 3.40. The number of carboxylic acids is 1. The van der Waals surface area contributed by atoms with Crippen molar-refractivity contribution < 1.29 is 9.90 Å². The van der Waals surface area contributed by atoms with E-state index in [4.69, 9.17) is 10.4 Å². The number of hydrogen-bond acceptors (Lipinski definition) is 3. The monoisotopic (exact) mass is 230 g/mol. The molecule has 1 heterocycles. The molecule has 0 fully saturated rings. The Morgan fingerprint density at radius 3 is 2.82 bits per heavy atom. The maximum Gasteiger partial charge on any atom is 0.322 e. The average Bonchev–Trinajstić information content (AvgIpc) is 2.35. The van der Waals surface area contributed by atoms with E-state index >= 15 is 0 Å². The van der Waals surface area contributed by atoms with E-state index in [1.54, 1.807) is 0 Å². The van der Waals surface area contributed by atoms with Crippen molar-refractivity contribution in [1.29, 1.82) is 5.26 Å². The van der Waals surface area contributed by atoms with Gasteiger partial charge in [0.05, 0.1) is 12.5 Å². The fraction of sp³-hybridized carbons (Fsp3) is 0.385. The first-order valence-electron chi connectivity index (χ1n) is 5.63. The number of nitrogens with zero attached hydrogens (tertiary/aromatic N) is 2. The molecule has 0 bridgehead atoms. The normalized spacial score (nSPS) is 16.9. The first-order chi connectivity index (χ1) is 8.22. The highest BCUT2D eigenvalue weighted by Crippen LogP contribution is 2.21. The van der Waals surface area contributed by atoms with Crippen molar-refractivity contribution >= 4 is 5.97 Å². The summed E-state index contributed by atoms with van der Waals surface area (Å²) in [6.07, 6.45) is 0.892.